The smallest absolute Gasteiger partial charge is 0.255 e. The molecule has 4 nitrogen and oxygen atoms in total. The summed E-state index contributed by atoms with van der Waals surface area (Å²) in [6.45, 7) is 0.508. The van der Waals surface area contributed by atoms with Crippen molar-refractivity contribution in [2.24, 2.45) is 0 Å². The van der Waals surface area contributed by atoms with Gasteiger partial charge in [0.05, 0.1) is 19.8 Å². The Hall–Kier alpha value is -1.71. The highest BCUT2D eigenvalue weighted by atomic mass is 16.5. The average Bonchev–Trinajstić information content (AvgIpc) is 2.60. The Morgan fingerprint density at radius 3 is 2.50 bits per heavy atom. The van der Waals surface area contributed by atoms with Gasteiger partial charge in [-0.15, -0.1) is 0 Å². The molecule has 0 unspecified atom stereocenters. The molecule has 0 spiro atoms. The van der Waals surface area contributed by atoms with Gasteiger partial charge in [-0.1, -0.05) is 0 Å². The first kappa shape index (κ1) is 8.87. The van der Waals surface area contributed by atoms with Gasteiger partial charge in [-0.25, -0.2) is 0 Å². The summed E-state index contributed by atoms with van der Waals surface area (Å²) in [5.41, 5.74) is 1.46. The normalized spacial score (nSPS) is 13.4. The second-order valence-electron chi connectivity index (χ2n) is 3.01. The quantitative estimate of drug-likeness (QED) is 0.760. The SMILES string of the molecule is COc1ccc(OC)c2c1CNC2=O. The van der Waals surface area contributed by atoms with Crippen LogP contribution in [0.1, 0.15) is 15.9 Å². The third-order valence-electron chi connectivity index (χ3n) is 2.32. The Kier molecular flexibility index (Phi) is 2.04. The number of benzene rings is 1. The molecule has 1 amide bonds. The maximum Gasteiger partial charge on any atom is 0.255 e. The molecule has 0 radical (unpaired) electrons. The zero-order valence-corrected chi connectivity index (χ0v) is 8.09. The molecule has 1 aromatic rings. The van der Waals surface area contributed by atoms with Crippen LogP contribution in [0.4, 0.5) is 0 Å². The lowest BCUT2D eigenvalue weighted by Gasteiger charge is -2.08. The standard InChI is InChI=1S/C10H11NO3/c1-13-7-3-4-8(14-2)9-6(7)5-11-10(9)12/h3-4H,5H2,1-2H3,(H,11,12). The van der Waals surface area contributed by atoms with Crippen LogP contribution in [0.15, 0.2) is 12.1 Å². The van der Waals surface area contributed by atoms with E-state index in [1.54, 1.807) is 26.4 Å². The van der Waals surface area contributed by atoms with E-state index in [1.165, 1.54) is 0 Å². The summed E-state index contributed by atoms with van der Waals surface area (Å²) in [6.07, 6.45) is 0. The summed E-state index contributed by atoms with van der Waals surface area (Å²) in [7, 11) is 3.14. The van der Waals surface area contributed by atoms with Crippen molar-refractivity contribution in [1.82, 2.24) is 5.32 Å². The van der Waals surface area contributed by atoms with Crippen molar-refractivity contribution in [2.45, 2.75) is 6.54 Å². The fraction of sp³-hybridized carbons (Fsp3) is 0.300. The molecule has 0 saturated heterocycles. The summed E-state index contributed by atoms with van der Waals surface area (Å²) in [5.74, 6) is 1.21. The molecule has 0 fully saturated rings. The van der Waals surface area contributed by atoms with E-state index in [0.29, 0.717) is 17.9 Å². The van der Waals surface area contributed by atoms with Crippen molar-refractivity contribution in [1.29, 1.82) is 0 Å². The van der Waals surface area contributed by atoms with Gasteiger partial charge in [0.15, 0.2) is 0 Å². The summed E-state index contributed by atoms with van der Waals surface area (Å²) >= 11 is 0. The zero-order valence-electron chi connectivity index (χ0n) is 8.09. The van der Waals surface area contributed by atoms with Gasteiger partial charge in [0.25, 0.3) is 5.91 Å². The maximum atomic E-state index is 11.5. The lowest BCUT2D eigenvalue weighted by molar-refractivity contribution is 0.0963. The summed E-state index contributed by atoms with van der Waals surface area (Å²) in [5, 5.41) is 2.74. The predicted molar refractivity (Wildman–Crippen MR) is 50.7 cm³/mol. The van der Waals surface area contributed by atoms with E-state index in [-0.39, 0.29) is 5.91 Å². The van der Waals surface area contributed by atoms with E-state index in [2.05, 4.69) is 5.32 Å². The summed E-state index contributed by atoms with van der Waals surface area (Å²) < 4.78 is 10.3. The second kappa shape index (κ2) is 3.21. The molecule has 0 atom stereocenters. The second-order valence-corrected chi connectivity index (χ2v) is 3.01. The fourth-order valence-electron chi connectivity index (χ4n) is 1.65. The van der Waals surface area contributed by atoms with Crippen LogP contribution >= 0.6 is 0 Å². The molecular formula is C10H11NO3. The fourth-order valence-corrected chi connectivity index (χ4v) is 1.65. The van der Waals surface area contributed by atoms with Crippen LogP contribution in [0.5, 0.6) is 11.5 Å². The molecule has 0 saturated carbocycles. The van der Waals surface area contributed by atoms with Crippen LogP contribution in [0, 0.1) is 0 Å². The molecule has 1 heterocycles. The molecular weight excluding hydrogens is 182 g/mol. The third kappa shape index (κ3) is 1.11. The molecule has 4 heteroatoms. The Balaban J connectivity index is 2.62. The molecule has 1 aromatic carbocycles. The number of carbonyl (C=O) groups is 1. The highest BCUT2D eigenvalue weighted by Gasteiger charge is 2.26. The summed E-state index contributed by atoms with van der Waals surface area (Å²) in [4.78, 5) is 11.5. The topological polar surface area (TPSA) is 47.6 Å². The number of fused-ring (bicyclic) bond motifs is 1. The first-order chi connectivity index (χ1) is 6.77. The number of amides is 1. The van der Waals surface area contributed by atoms with Crippen LogP contribution in [0.25, 0.3) is 0 Å². The van der Waals surface area contributed by atoms with E-state index < -0.39 is 0 Å². The van der Waals surface area contributed by atoms with Crippen LogP contribution in [-0.2, 0) is 6.54 Å². The highest BCUT2D eigenvalue weighted by Crippen LogP contribution is 2.33. The van der Waals surface area contributed by atoms with Gasteiger partial charge < -0.3 is 14.8 Å². The largest absolute Gasteiger partial charge is 0.496 e. The van der Waals surface area contributed by atoms with Crippen molar-refractivity contribution in [3.05, 3.63) is 23.3 Å². The van der Waals surface area contributed by atoms with Gasteiger partial charge in [-0.05, 0) is 12.1 Å². The minimum atomic E-state index is -0.101. The lowest BCUT2D eigenvalue weighted by atomic mass is 10.1. The molecule has 0 aromatic heterocycles. The van der Waals surface area contributed by atoms with E-state index >= 15 is 0 Å². The molecule has 74 valence electrons. The molecule has 14 heavy (non-hydrogen) atoms. The summed E-state index contributed by atoms with van der Waals surface area (Å²) in [6, 6.07) is 3.54. The number of hydrogen-bond donors (Lipinski definition) is 1. The highest BCUT2D eigenvalue weighted by molar-refractivity contribution is 6.01. The minimum absolute atomic E-state index is 0.101. The first-order valence-electron chi connectivity index (χ1n) is 4.30. The van der Waals surface area contributed by atoms with Crippen molar-refractivity contribution in [3.63, 3.8) is 0 Å². The Morgan fingerprint density at radius 2 is 1.86 bits per heavy atom. The first-order valence-corrected chi connectivity index (χ1v) is 4.30. The van der Waals surface area contributed by atoms with Gasteiger partial charge in [0, 0.05) is 12.1 Å². The van der Waals surface area contributed by atoms with Crippen molar-refractivity contribution >= 4 is 5.91 Å². The minimum Gasteiger partial charge on any atom is -0.496 e. The van der Waals surface area contributed by atoms with Gasteiger partial charge in [-0.3, -0.25) is 4.79 Å². The monoisotopic (exact) mass is 193 g/mol. The number of hydrogen-bond acceptors (Lipinski definition) is 3. The van der Waals surface area contributed by atoms with Crippen molar-refractivity contribution in [2.75, 3.05) is 14.2 Å². The third-order valence-corrected chi connectivity index (χ3v) is 2.32. The molecule has 2 rings (SSSR count). The molecule has 1 aliphatic rings. The Labute approximate surface area is 81.8 Å². The van der Waals surface area contributed by atoms with Crippen LogP contribution in [0.3, 0.4) is 0 Å². The molecule has 0 aliphatic carbocycles. The number of ether oxygens (including phenoxy) is 2. The lowest BCUT2D eigenvalue weighted by Crippen LogP contribution is -2.13. The number of nitrogens with one attached hydrogen (secondary N) is 1. The average molecular weight is 193 g/mol. The molecule has 0 bridgehead atoms. The Bertz CT molecular complexity index is 387. The van der Waals surface area contributed by atoms with Crippen molar-refractivity contribution in [3.8, 4) is 11.5 Å². The van der Waals surface area contributed by atoms with Crippen LogP contribution in [-0.4, -0.2) is 20.1 Å². The van der Waals surface area contributed by atoms with E-state index in [9.17, 15) is 4.79 Å². The van der Waals surface area contributed by atoms with Crippen molar-refractivity contribution < 1.29 is 14.3 Å². The van der Waals surface area contributed by atoms with Gasteiger partial charge in [0.1, 0.15) is 11.5 Å². The maximum absolute atomic E-state index is 11.5. The van der Waals surface area contributed by atoms with Crippen LogP contribution in [0.2, 0.25) is 0 Å². The predicted octanol–water partition coefficient (Wildman–Crippen LogP) is 0.947. The van der Waals surface area contributed by atoms with Crippen LogP contribution < -0.4 is 14.8 Å². The van der Waals surface area contributed by atoms with E-state index in [0.717, 1.165) is 11.3 Å². The number of carbonyl (C=O) groups excluding carboxylic acids is 1. The molecule has 1 N–H and O–H groups in total. The van der Waals surface area contributed by atoms with Gasteiger partial charge >= 0.3 is 0 Å². The van der Waals surface area contributed by atoms with E-state index in [4.69, 9.17) is 9.47 Å². The number of methoxy groups -OCH3 is 2. The van der Waals surface area contributed by atoms with Gasteiger partial charge in [0.2, 0.25) is 0 Å². The van der Waals surface area contributed by atoms with E-state index in [1.807, 2.05) is 0 Å². The number of rotatable bonds is 2. The zero-order chi connectivity index (χ0) is 10.1. The van der Waals surface area contributed by atoms with Gasteiger partial charge in [-0.2, -0.15) is 0 Å². The Morgan fingerprint density at radius 1 is 1.21 bits per heavy atom. The molecule has 1 aliphatic heterocycles.